The molecule has 5 heteroatoms. The molecule has 2 aromatic carbocycles. The highest BCUT2D eigenvalue weighted by Gasteiger charge is 2.17. The lowest BCUT2D eigenvalue weighted by atomic mass is 10.1. The Bertz CT molecular complexity index is 604. The maximum atomic E-state index is 13.5. The lowest BCUT2D eigenvalue weighted by Crippen LogP contribution is -2.09. The minimum atomic E-state index is -0.471. The minimum absolute atomic E-state index is 0.0551. The van der Waals surface area contributed by atoms with Gasteiger partial charge in [-0.15, -0.1) is 0 Å². The molecule has 0 heterocycles. The lowest BCUT2D eigenvalue weighted by Gasteiger charge is -2.19. The average molecular weight is 363 g/mol. The summed E-state index contributed by atoms with van der Waals surface area (Å²) in [6.07, 6.45) is 0. The van der Waals surface area contributed by atoms with Crippen LogP contribution in [0.1, 0.15) is 18.5 Å². The summed E-state index contributed by atoms with van der Waals surface area (Å²) < 4.78 is 14.4. The van der Waals surface area contributed by atoms with E-state index in [0.717, 1.165) is 10.2 Å². The summed E-state index contributed by atoms with van der Waals surface area (Å²) in [5, 5.41) is 3.75. The Morgan fingerprint density at radius 1 is 1.16 bits per heavy atom. The van der Waals surface area contributed by atoms with Gasteiger partial charge in [0.2, 0.25) is 0 Å². The van der Waals surface area contributed by atoms with Crippen LogP contribution in [0.4, 0.5) is 10.1 Å². The molecule has 0 fully saturated rings. The highest BCUT2D eigenvalue weighted by atomic mass is 79.9. The molecule has 1 unspecified atom stereocenters. The van der Waals surface area contributed by atoms with Gasteiger partial charge in [0.25, 0.3) is 0 Å². The van der Waals surface area contributed by atoms with Crippen molar-refractivity contribution in [2.75, 3.05) is 5.32 Å². The molecule has 0 saturated carbocycles. The fourth-order valence-electron chi connectivity index (χ4n) is 1.82. The van der Waals surface area contributed by atoms with Gasteiger partial charge < -0.3 is 5.32 Å². The van der Waals surface area contributed by atoms with Gasteiger partial charge in [0.15, 0.2) is 0 Å². The van der Waals surface area contributed by atoms with Gasteiger partial charge in [-0.2, -0.15) is 0 Å². The molecule has 1 atom stereocenters. The van der Waals surface area contributed by atoms with Crippen LogP contribution in [-0.4, -0.2) is 0 Å². The number of benzene rings is 2. The van der Waals surface area contributed by atoms with Crippen LogP contribution in [-0.2, 0) is 0 Å². The van der Waals surface area contributed by atoms with E-state index in [9.17, 15) is 4.39 Å². The van der Waals surface area contributed by atoms with Gasteiger partial charge in [-0.05, 0) is 47.1 Å². The van der Waals surface area contributed by atoms with Crippen molar-refractivity contribution in [1.29, 1.82) is 0 Å². The maximum Gasteiger partial charge on any atom is 0.142 e. The van der Waals surface area contributed by atoms with Crippen molar-refractivity contribution in [2.45, 2.75) is 13.0 Å². The Labute approximate surface area is 129 Å². The SMILES string of the molecule is CC(Nc1ccccc1Br)c1c(Cl)ccc(F)c1Cl. The van der Waals surface area contributed by atoms with E-state index in [1.165, 1.54) is 12.1 Å². The molecule has 0 bridgehead atoms. The Morgan fingerprint density at radius 2 is 1.84 bits per heavy atom. The van der Waals surface area contributed by atoms with Crippen LogP contribution in [0.2, 0.25) is 10.0 Å². The van der Waals surface area contributed by atoms with Crippen LogP contribution < -0.4 is 5.32 Å². The summed E-state index contributed by atoms with van der Waals surface area (Å²) in [6.45, 7) is 1.88. The first-order chi connectivity index (χ1) is 9.00. The highest BCUT2D eigenvalue weighted by Crippen LogP contribution is 2.35. The number of halogens is 4. The van der Waals surface area contributed by atoms with E-state index in [4.69, 9.17) is 23.2 Å². The predicted octanol–water partition coefficient (Wildman–Crippen LogP) is 6.07. The standard InChI is InChI=1S/C14H11BrCl2FN/c1-8(19-12-5-3-2-4-9(12)15)13-10(16)6-7-11(18)14(13)17/h2-8,19H,1H3. The van der Waals surface area contributed by atoms with Gasteiger partial charge in [0.1, 0.15) is 5.82 Å². The van der Waals surface area contributed by atoms with E-state index in [-0.39, 0.29) is 11.1 Å². The van der Waals surface area contributed by atoms with Gasteiger partial charge in [-0.25, -0.2) is 4.39 Å². The zero-order chi connectivity index (χ0) is 14.0. The third kappa shape index (κ3) is 3.22. The quantitative estimate of drug-likeness (QED) is 0.653. The van der Waals surface area contributed by atoms with E-state index in [0.29, 0.717) is 10.6 Å². The van der Waals surface area contributed by atoms with Gasteiger partial charge in [0.05, 0.1) is 11.1 Å². The van der Waals surface area contributed by atoms with Crippen molar-refractivity contribution >= 4 is 44.8 Å². The van der Waals surface area contributed by atoms with Crippen molar-refractivity contribution in [3.8, 4) is 0 Å². The minimum Gasteiger partial charge on any atom is -0.377 e. The van der Waals surface area contributed by atoms with Gasteiger partial charge in [-0.1, -0.05) is 35.3 Å². The number of hydrogen-bond donors (Lipinski definition) is 1. The Kier molecular flexibility index (Phi) is 4.71. The number of rotatable bonds is 3. The molecule has 2 rings (SSSR count). The monoisotopic (exact) mass is 361 g/mol. The summed E-state index contributed by atoms with van der Waals surface area (Å²) >= 11 is 15.5. The summed E-state index contributed by atoms with van der Waals surface area (Å²) in [7, 11) is 0. The Hall–Kier alpha value is -0.770. The molecule has 1 N–H and O–H groups in total. The third-order valence-corrected chi connectivity index (χ3v) is 4.16. The van der Waals surface area contributed by atoms with Crippen LogP contribution in [0.5, 0.6) is 0 Å². The molecule has 0 radical (unpaired) electrons. The van der Waals surface area contributed by atoms with Crippen molar-refractivity contribution < 1.29 is 4.39 Å². The fraction of sp³-hybridized carbons (Fsp3) is 0.143. The molecule has 19 heavy (non-hydrogen) atoms. The predicted molar refractivity (Wildman–Crippen MR) is 82.6 cm³/mol. The Morgan fingerprint density at radius 3 is 2.53 bits per heavy atom. The normalized spacial score (nSPS) is 12.3. The molecule has 0 saturated heterocycles. The van der Waals surface area contributed by atoms with Crippen molar-refractivity contribution in [2.24, 2.45) is 0 Å². The topological polar surface area (TPSA) is 12.0 Å². The fourth-order valence-corrected chi connectivity index (χ4v) is 2.92. The van der Waals surface area contributed by atoms with Crippen molar-refractivity contribution in [1.82, 2.24) is 0 Å². The molecule has 0 spiro atoms. The summed E-state index contributed by atoms with van der Waals surface area (Å²) in [6, 6.07) is 10.2. The van der Waals surface area contributed by atoms with Crippen molar-refractivity contribution in [3.05, 3.63) is 62.3 Å². The molecule has 0 aliphatic rings. The molecule has 0 aliphatic carbocycles. The molecular formula is C14H11BrCl2FN. The van der Waals surface area contributed by atoms with E-state index >= 15 is 0 Å². The number of nitrogens with one attached hydrogen (secondary N) is 1. The Balaban J connectivity index is 2.33. The largest absolute Gasteiger partial charge is 0.377 e. The van der Waals surface area contributed by atoms with E-state index in [1.54, 1.807) is 0 Å². The van der Waals surface area contributed by atoms with Crippen LogP contribution in [0.25, 0.3) is 0 Å². The number of anilines is 1. The summed E-state index contributed by atoms with van der Waals surface area (Å²) in [4.78, 5) is 0. The highest BCUT2D eigenvalue weighted by molar-refractivity contribution is 9.10. The maximum absolute atomic E-state index is 13.5. The molecular weight excluding hydrogens is 352 g/mol. The third-order valence-electron chi connectivity index (χ3n) is 2.76. The number of para-hydroxylation sites is 1. The second-order valence-corrected chi connectivity index (χ2v) is 5.74. The van der Waals surface area contributed by atoms with Crippen LogP contribution in [0, 0.1) is 5.82 Å². The van der Waals surface area contributed by atoms with E-state index < -0.39 is 5.82 Å². The van der Waals surface area contributed by atoms with Gasteiger partial charge in [-0.3, -0.25) is 0 Å². The zero-order valence-corrected chi connectivity index (χ0v) is 13.2. The molecule has 0 aromatic heterocycles. The molecule has 0 amide bonds. The molecule has 100 valence electrons. The average Bonchev–Trinajstić information content (AvgIpc) is 2.37. The van der Waals surface area contributed by atoms with Crippen LogP contribution in [0.3, 0.4) is 0 Å². The van der Waals surface area contributed by atoms with Crippen LogP contribution >= 0.6 is 39.1 Å². The lowest BCUT2D eigenvalue weighted by molar-refractivity contribution is 0.624. The first kappa shape index (κ1) is 14.6. The number of hydrogen-bond acceptors (Lipinski definition) is 1. The first-order valence-corrected chi connectivity index (χ1v) is 7.20. The second-order valence-electron chi connectivity index (χ2n) is 4.10. The van der Waals surface area contributed by atoms with Crippen LogP contribution in [0.15, 0.2) is 40.9 Å². The second kappa shape index (κ2) is 6.12. The molecule has 0 aliphatic heterocycles. The van der Waals surface area contributed by atoms with Gasteiger partial charge in [0, 0.05) is 20.7 Å². The summed E-state index contributed by atoms with van der Waals surface area (Å²) in [5.41, 5.74) is 1.45. The van der Waals surface area contributed by atoms with Crippen molar-refractivity contribution in [3.63, 3.8) is 0 Å². The molecule has 1 nitrogen and oxygen atoms in total. The van der Waals surface area contributed by atoms with E-state index in [1.807, 2.05) is 31.2 Å². The van der Waals surface area contributed by atoms with E-state index in [2.05, 4.69) is 21.2 Å². The molecule has 2 aromatic rings. The first-order valence-electron chi connectivity index (χ1n) is 5.65. The zero-order valence-electron chi connectivity index (χ0n) is 10.1. The van der Waals surface area contributed by atoms with Gasteiger partial charge >= 0.3 is 0 Å². The summed E-state index contributed by atoms with van der Waals surface area (Å²) in [5.74, 6) is -0.471. The smallest absolute Gasteiger partial charge is 0.142 e.